The van der Waals surface area contributed by atoms with Gasteiger partial charge in [-0.2, -0.15) is 17.7 Å². The predicted octanol–water partition coefficient (Wildman–Crippen LogP) is 1.51. The normalized spacial score (nSPS) is 6.86. The van der Waals surface area contributed by atoms with Gasteiger partial charge in [-0.3, -0.25) is 8.19 Å². The van der Waals surface area contributed by atoms with Crippen molar-refractivity contribution in [2.24, 2.45) is 0 Å². The maximum absolute atomic E-state index is 3.01. The van der Waals surface area contributed by atoms with Gasteiger partial charge in [-0.25, -0.2) is 6.07 Å². The van der Waals surface area contributed by atoms with Crippen LogP contribution < -0.4 is 0 Å². The SMILES string of the molecule is [Co].[Ni].[c-]1ccc[pH]1. The van der Waals surface area contributed by atoms with Gasteiger partial charge in [-0.15, -0.1) is 0 Å². The second kappa shape index (κ2) is 6.78. The first-order valence-electron chi connectivity index (χ1n) is 1.49. The van der Waals surface area contributed by atoms with E-state index >= 15 is 0 Å². The van der Waals surface area contributed by atoms with Crippen LogP contribution in [0.2, 0.25) is 0 Å². The van der Waals surface area contributed by atoms with E-state index in [4.69, 9.17) is 0 Å². The Morgan fingerprint density at radius 2 is 2.14 bits per heavy atom. The predicted molar refractivity (Wildman–Crippen MR) is 24.8 cm³/mol. The Morgan fingerprint density at radius 3 is 2.29 bits per heavy atom. The second-order valence-corrected chi connectivity index (χ2v) is 1.73. The molecule has 0 aliphatic heterocycles. The van der Waals surface area contributed by atoms with Crippen molar-refractivity contribution in [2.45, 2.75) is 0 Å². The van der Waals surface area contributed by atoms with Gasteiger partial charge in [-0.1, -0.05) is 0 Å². The van der Waals surface area contributed by atoms with Crippen LogP contribution in [0.4, 0.5) is 0 Å². The monoisotopic (exact) mass is 200 g/mol. The Hall–Kier alpha value is 0.780. The Labute approximate surface area is 65.3 Å². The van der Waals surface area contributed by atoms with Crippen LogP contribution in [-0.2, 0) is 33.3 Å². The molecule has 45 valence electrons. The molecular weight excluding hydrogens is 197 g/mol. The van der Waals surface area contributed by atoms with E-state index in [0.717, 1.165) is 8.19 Å². The van der Waals surface area contributed by atoms with Crippen molar-refractivity contribution >= 4 is 8.19 Å². The van der Waals surface area contributed by atoms with Crippen LogP contribution >= 0.6 is 8.19 Å². The molecule has 3 heteroatoms. The maximum Gasteiger partial charge on any atom is 0 e. The summed E-state index contributed by atoms with van der Waals surface area (Å²) in [5.74, 6) is 5.11. The van der Waals surface area contributed by atoms with E-state index in [1.807, 2.05) is 12.1 Å². The third kappa shape index (κ3) is 4.64. The summed E-state index contributed by atoms with van der Waals surface area (Å²) >= 11 is 0. The van der Waals surface area contributed by atoms with E-state index in [1.54, 1.807) is 0 Å². The first kappa shape index (κ1) is 10.7. The molecule has 0 bridgehead atoms. The molecule has 1 radical (unpaired) electrons. The molecule has 1 aromatic rings. The summed E-state index contributed by atoms with van der Waals surface area (Å²) in [4.78, 5) is 0. The van der Waals surface area contributed by atoms with Gasteiger partial charge in [0.2, 0.25) is 0 Å². The molecule has 0 N–H and O–H groups in total. The topological polar surface area (TPSA) is 0 Å². The van der Waals surface area contributed by atoms with Crippen LogP contribution in [0.25, 0.3) is 0 Å². The molecule has 0 amide bonds. The molecule has 0 aliphatic rings. The minimum atomic E-state index is 0. The first-order chi connectivity index (χ1) is 2.50. The second-order valence-electron chi connectivity index (χ2n) is 0.814. The van der Waals surface area contributed by atoms with Gasteiger partial charge in [0.15, 0.2) is 0 Å². The molecule has 0 saturated carbocycles. The molecule has 7 heavy (non-hydrogen) atoms. The van der Waals surface area contributed by atoms with Crippen molar-refractivity contribution in [3.05, 3.63) is 23.7 Å². The van der Waals surface area contributed by atoms with Gasteiger partial charge in [-0.05, 0) is 0 Å². The standard InChI is InChI=1S/C4H4P.Co.Ni/c1-2-4-5-3-1;;/h1-3,5H;;/q-1;;. The summed E-state index contributed by atoms with van der Waals surface area (Å²) in [6, 6.07) is 3.96. The largest absolute Gasteiger partial charge is 0.271 e. The van der Waals surface area contributed by atoms with Crippen LogP contribution in [0.1, 0.15) is 0 Å². The fourth-order valence-corrected chi connectivity index (χ4v) is 0.722. The van der Waals surface area contributed by atoms with Crippen molar-refractivity contribution < 1.29 is 33.3 Å². The Morgan fingerprint density at radius 1 is 1.43 bits per heavy atom. The van der Waals surface area contributed by atoms with Gasteiger partial charge in [0.05, 0.1) is 0 Å². The molecule has 1 unspecified atom stereocenters. The quantitative estimate of drug-likeness (QED) is 0.440. The molecule has 1 heterocycles. The fraction of sp³-hybridized carbons (Fsp3) is 0. The molecule has 0 aliphatic carbocycles. The third-order valence-electron chi connectivity index (χ3n) is 0.442. The molecular formula is C4H4CoNiP-. The van der Waals surface area contributed by atoms with E-state index in [9.17, 15) is 0 Å². The van der Waals surface area contributed by atoms with Gasteiger partial charge in [0.25, 0.3) is 0 Å². The summed E-state index contributed by atoms with van der Waals surface area (Å²) in [6.45, 7) is 0. The third-order valence-corrected chi connectivity index (χ3v) is 1.13. The van der Waals surface area contributed by atoms with Crippen LogP contribution in [0, 0.1) is 5.80 Å². The number of hydrogen-bond donors (Lipinski definition) is 0. The van der Waals surface area contributed by atoms with Gasteiger partial charge in [0.1, 0.15) is 0 Å². The van der Waals surface area contributed by atoms with Gasteiger partial charge < -0.3 is 0 Å². The van der Waals surface area contributed by atoms with Gasteiger partial charge in [0, 0.05) is 33.3 Å². The zero-order chi connectivity index (χ0) is 3.54. The number of hydrogen-bond acceptors (Lipinski definition) is 0. The minimum absolute atomic E-state index is 0. The Kier molecular flexibility index (Phi) is 10.4. The fourth-order valence-electron chi connectivity index (χ4n) is 0.241. The summed E-state index contributed by atoms with van der Waals surface area (Å²) in [7, 11) is 0.823. The molecule has 0 fully saturated rings. The molecule has 0 aromatic carbocycles. The average molecular weight is 201 g/mol. The summed E-state index contributed by atoms with van der Waals surface area (Å²) in [6.07, 6.45) is 0. The van der Waals surface area contributed by atoms with Crippen molar-refractivity contribution in [1.29, 1.82) is 0 Å². The minimum Gasteiger partial charge on any atom is -0.271 e. The molecule has 1 aromatic heterocycles. The Bertz CT molecular complexity index is 68.2. The summed E-state index contributed by atoms with van der Waals surface area (Å²) < 4.78 is 0. The van der Waals surface area contributed by atoms with Crippen molar-refractivity contribution in [1.82, 2.24) is 0 Å². The Balaban J connectivity index is 0. The smallest absolute Gasteiger partial charge is 0 e. The van der Waals surface area contributed by atoms with Crippen LogP contribution in [0.5, 0.6) is 0 Å². The van der Waals surface area contributed by atoms with Crippen molar-refractivity contribution in [3.8, 4) is 0 Å². The van der Waals surface area contributed by atoms with Crippen molar-refractivity contribution in [3.63, 3.8) is 0 Å². The maximum atomic E-state index is 3.01. The zero-order valence-corrected chi connectivity index (χ0v) is 6.41. The molecule has 1 rings (SSSR count). The van der Waals surface area contributed by atoms with E-state index in [-0.39, 0.29) is 33.3 Å². The van der Waals surface area contributed by atoms with E-state index in [0.29, 0.717) is 0 Å². The van der Waals surface area contributed by atoms with Crippen LogP contribution in [0.15, 0.2) is 17.9 Å². The van der Waals surface area contributed by atoms with Crippen LogP contribution in [0.3, 0.4) is 0 Å². The number of rotatable bonds is 0. The zero-order valence-electron chi connectivity index (χ0n) is 3.38. The summed E-state index contributed by atoms with van der Waals surface area (Å²) in [5, 5.41) is 0. The summed E-state index contributed by atoms with van der Waals surface area (Å²) in [5.41, 5.74) is 0. The van der Waals surface area contributed by atoms with Crippen LogP contribution in [-0.4, -0.2) is 0 Å². The van der Waals surface area contributed by atoms with E-state index in [2.05, 4.69) is 11.6 Å². The first-order valence-corrected chi connectivity index (χ1v) is 2.57. The van der Waals surface area contributed by atoms with Crippen molar-refractivity contribution in [2.75, 3.05) is 0 Å². The molecule has 0 nitrogen and oxygen atoms in total. The molecule has 0 saturated heterocycles. The van der Waals surface area contributed by atoms with Gasteiger partial charge >= 0.3 is 0 Å². The van der Waals surface area contributed by atoms with E-state index < -0.39 is 0 Å². The average Bonchev–Trinajstić information content (AvgIpc) is 1.76. The molecule has 0 spiro atoms. The molecule has 1 atom stereocenters. The van der Waals surface area contributed by atoms with E-state index in [1.165, 1.54) is 0 Å².